The van der Waals surface area contributed by atoms with E-state index in [9.17, 15) is 26.4 Å². The number of sulfonamides is 1. The first-order valence-corrected chi connectivity index (χ1v) is 11.5. The fraction of sp³-hybridized carbons (Fsp3) is 0.348. The zero-order chi connectivity index (χ0) is 22.3. The van der Waals surface area contributed by atoms with Crippen LogP contribution >= 0.6 is 0 Å². The van der Waals surface area contributed by atoms with Crippen LogP contribution in [0.1, 0.15) is 30.4 Å². The van der Waals surface area contributed by atoms with E-state index in [2.05, 4.69) is 0 Å². The highest BCUT2D eigenvalue weighted by Crippen LogP contribution is 2.46. The monoisotopic (exact) mass is 449 g/mol. The zero-order valence-corrected chi connectivity index (χ0v) is 17.5. The van der Waals surface area contributed by atoms with Gasteiger partial charge in [-0.05, 0) is 30.5 Å². The first-order valence-electron chi connectivity index (χ1n) is 10.0. The lowest BCUT2D eigenvalue weighted by molar-refractivity contribution is -0.140. The highest BCUT2D eigenvalue weighted by molar-refractivity contribution is 7.89. The van der Waals surface area contributed by atoms with E-state index in [0.29, 0.717) is 19.3 Å². The molecule has 1 aliphatic heterocycles. The van der Waals surface area contributed by atoms with E-state index in [4.69, 9.17) is 0 Å². The summed E-state index contributed by atoms with van der Waals surface area (Å²) in [6.45, 7) is 0.00318. The first kappa shape index (κ1) is 21.8. The van der Waals surface area contributed by atoms with E-state index < -0.39 is 32.1 Å². The number of ketones is 1. The van der Waals surface area contributed by atoms with Gasteiger partial charge in [0.25, 0.3) is 0 Å². The molecule has 4 nitrogen and oxygen atoms in total. The SMILES string of the molecule is O=C1CCC2(Cc3ccccc3)CN(S(=O)(=O)c3ccccc3C(F)(F)F)CC=C2C1. The van der Waals surface area contributed by atoms with Gasteiger partial charge in [-0.3, -0.25) is 4.79 Å². The second-order valence-electron chi connectivity index (χ2n) is 8.18. The van der Waals surface area contributed by atoms with Gasteiger partial charge in [0.05, 0.1) is 10.5 Å². The number of fused-ring (bicyclic) bond motifs is 1. The lowest BCUT2D eigenvalue weighted by Crippen LogP contribution is -2.49. The summed E-state index contributed by atoms with van der Waals surface area (Å²) in [5.74, 6) is 0.105. The second kappa shape index (κ2) is 7.91. The van der Waals surface area contributed by atoms with E-state index in [-0.39, 0.29) is 25.3 Å². The predicted octanol–water partition coefficient (Wildman–Crippen LogP) is 4.62. The number of halogens is 3. The summed E-state index contributed by atoms with van der Waals surface area (Å²) in [5.41, 5.74) is 0.120. The molecule has 0 N–H and O–H groups in total. The van der Waals surface area contributed by atoms with Gasteiger partial charge in [-0.25, -0.2) is 8.42 Å². The van der Waals surface area contributed by atoms with Crippen LogP contribution in [0.15, 0.2) is 71.1 Å². The van der Waals surface area contributed by atoms with Gasteiger partial charge in [0, 0.05) is 31.3 Å². The van der Waals surface area contributed by atoms with Gasteiger partial charge in [-0.2, -0.15) is 17.5 Å². The molecule has 8 heteroatoms. The number of Topliss-reactive ketones (excluding diaryl/α,β-unsaturated/α-hetero) is 1. The first-order chi connectivity index (χ1) is 14.6. The Hall–Kier alpha value is -2.45. The van der Waals surface area contributed by atoms with Crippen LogP contribution in [-0.2, 0) is 27.4 Å². The summed E-state index contributed by atoms with van der Waals surface area (Å²) in [6.07, 6.45) is -1.47. The number of hydrogen-bond acceptors (Lipinski definition) is 3. The molecular weight excluding hydrogens is 427 g/mol. The lowest BCUT2D eigenvalue weighted by Gasteiger charge is -2.45. The summed E-state index contributed by atoms with van der Waals surface area (Å²) in [4.78, 5) is 11.3. The summed E-state index contributed by atoms with van der Waals surface area (Å²) in [7, 11) is -4.39. The van der Waals surface area contributed by atoms with Crippen molar-refractivity contribution in [3.05, 3.63) is 77.4 Å². The smallest absolute Gasteiger partial charge is 0.299 e. The van der Waals surface area contributed by atoms with E-state index in [0.717, 1.165) is 27.6 Å². The highest BCUT2D eigenvalue weighted by atomic mass is 32.2. The molecule has 0 bridgehead atoms. The molecule has 2 aliphatic rings. The van der Waals surface area contributed by atoms with Crippen molar-refractivity contribution in [1.29, 1.82) is 0 Å². The number of carbonyl (C=O) groups excluding carboxylic acids is 1. The molecule has 2 aromatic carbocycles. The third kappa shape index (κ3) is 4.19. The van der Waals surface area contributed by atoms with Crippen LogP contribution in [0.3, 0.4) is 0 Å². The molecule has 0 saturated heterocycles. The molecule has 1 aliphatic carbocycles. The quantitative estimate of drug-likeness (QED) is 0.640. The molecule has 0 radical (unpaired) electrons. The van der Waals surface area contributed by atoms with Crippen LogP contribution in [0.5, 0.6) is 0 Å². The molecule has 0 spiro atoms. The molecule has 31 heavy (non-hydrogen) atoms. The number of rotatable bonds is 4. The van der Waals surface area contributed by atoms with E-state index in [1.807, 2.05) is 30.3 Å². The van der Waals surface area contributed by atoms with E-state index >= 15 is 0 Å². The summed E-state index contributed by atoms with van der Waals surface area (Å²) in [5, 5.41) is 0. The van der Waals surface area contributed by atoms with Crippen molar-refractivity contribution in [3.8, 4) is 0 Å². The fourth-order valence-electron chi connectivity index (χ4n) is 4.60. The average molecular weight is 449 g/mol. The van der Waals surface area contributed by atoms with E-state index in [1.54, 1.807) is 6.08 Å². The Bertz CT molecular complexity index is 1130. The molecular formula is C23H22F3NO3S. The molecule has 1 fully saturated rings. The topological polar surface area (TPSA) is 54.5 Å². The van der Waals surface area contributed by atoms with Crippen LogP contribution in [0, 0.1) is 5.41 Å². The molecule has 1 unspecified atom stereocenters. The zero-order valence-electron chi connectivity index (χ0n) is 16.7. The number of alkyl halides is 3. The van der Waals surface area contributed by atoms with Crippen molar-refractivity contribution >= 4 is 15.8 Å². The number of nitrogens with zero attached hydrogens (tertiary/aromatic N) is 1. The molecule has 2 aromatic rings. The maximum absolute atomic E-state index is 13.5. The van der Waals surface area contributed by atoms with Gasteiger partial charge in [0.2, 0.25) is 10.0 Å². The van der Waals surface area contributed by atoms with Crippen molar-refractivity contribution in [2.75, 3.05) is 13.1 Å². The average Bonchev–Trinajstić information content (AvgIpc) is 2.74. The largest absolute Gasteiger partial charge is 0.417 e. The second-order valence-corrected chi connectivity index (χ2v) is 10.1. The van der Waals surface area contributed by atoms with Gasteiger partial charge in [0.1, 0.15) is 5.78 Å². The van der Waals surface area contributed by atoms with Crippen LogP contribution in [0.4, 0.5) is 13.2 Å². The summed E-state index contributed by atoms with van der Waals surface area (Å²) >= 11 is 0. The fourth-order valence-corrected chi connectivity index (χ4v) is 6.28. The van der Waals surface area contributed by atoms with Crippen molar-refractivity contribution < 1.29 is 26.4 Å². The Labute approximate surface area is 179 Å². The maximum atomic E-state index is 13.5. The van der Waals surface area contributed by atoms with Crippen LogP contribution in [0.25, 0.3) is 0 Å². The third-order valence-electron chi connectivity index (χ3n) is 6.17. The number of benzene rings is 2. The third-order valence-corrected chi connectivity index (χ3v) is 8.04. The lowest BCUT2D eigenvalue weighted by atomic mass is 9.65. The molecule has 0 amide bonds. The van der Waals surface area contributed by atoms with E-state index in [1.165, 1.54) is 12.1 Å². The normalized spacial score (nSPS) is 22.7. The Kier molecular flexibility index (Phi) is 5.55. The minimum Gasteiger partial charge on any atom is -0.299 e. The standard InChI is InChI=1S/C23H22F3NO3S/c24-23(25,26)20-8-4-5-9-21(20)31(29,30)27-13-11-18-14-19(28)10-12-22(18,16-27)15-17-6-2-1-3-7-17/h1-9,11H,10,12-16H2. The number of carbonyl (C=O) groups is 1. The predicted molar refractivity (Wildman–Crippen MR) is 110 cm³/mol. The Morgan fingerprint density at radius 3 is 2.39 bits per heavy atom. The van der Waals surface area contributed by atoms with Gasteiger partial charge in [-0.15, -0.1) is 0 Å². The Balaban J connectivity index is 1.74. The van der Waals surface area contributed by atoms with Gasteiger partial charge in [0.15, 0.2) is 0 Å². The van der Waals surface area contributed by atoms with Crippen molar-refractivity contribution in [1.82, 2.24) is 4.31 Å². The Morgan fingerprint density at radius 2 is 1.68 bits per heavy atom. The minimum absolute atomic E-state index is 0.0479. The van der Waals surface area contributed by atoms with Crippen molar-refractivity contribution in [2.24, 2.45) is 5.41 Å². The number of hydrogen-bond donors (Lipinski definition) is 0. The molecule has 1 saturated carbocycles. The van der Waals surface area contributed by atoms with Crippen LogP contribution in [0.2, 0.25) is 0 Å². The van der Waals surface area contributed by atoms with Gasteiger partial charge >= 0.3 is 6.18 Å². The molecule has 164 valence electrons. The van der Waals surface area contributed by atoms with Gasteiger partial charge < -0.3 is 0 Å². The molecule has 4 rings (SSSR count). The summed E-state index contributed by atoms with van der Waals surface area (Å²) in [6, 6.07) is 13.8. The van der Waals surface area contributed by atoms with Crippen molar-refractivity contribution in [2.45, 2.75) is 36.8 Å². The summed E-state index contributed by atoms with van der Waals surface area (Å²) < 4.78 is 68.2. The highest BCUT2D eigenvalue weighted by Gasteiger charge is 2.46. The maximum Gasteiger partial charge on any atom is 0.417 e. The van der Waals surface area contributed by atoms with Gasteiger partial charge in [-0.1, -0.05) is 54.1 Å². The molecule has 1 heterocycles. The van der Waals surface area contributed by atoms with Crippen molar-refractivity contribution in [3.63, 3.8) is 0 Å². The van der Waals surface area contributed by atoms with Crippen LogP contribution in [-0.4, -0.2) is 31.6 Å². The Morgan fingerprint density at radius 1 is 1.00 bits per heavy atom. The molecule has 1 atom stereocenters. The minimum atomic E-state index is -4.78. The molecule has 0 aromatic heterocycles. The van der Waals surface area contributed by atoms with Crippen LogP contribution < -0.4 is 0 Å².